The molecule has 4 unspecified atom stereocenters. The van der Waals surface area contributed by atoms with Crippen molar-refractivity contribution in [1.82, 2.24) is 0 Å². The fraction of sp³-hybridized carbons (Fsp3) is 0.786. The monoisotopic (exact) mass is 576 g/mol. The van der Waals surface area contributed by atoms with Crippen molar-refractivity contribution in [3.05, 3.63) is 0 Å². The third-order valence-electron chi connectivity index (χ3n) is 5.47. The van der Waals surface area contributed by atoms with Crippen LogP contribution in [-0.2, 0) is 57.2 Å². The molecule has 0 aliphatic carbocycles. The first-order valence-corrected chi connectivity index (χ1v) is 13.5. The molecule has 12 nitrogen and oxygen atoms in total. The van der Waals surface area contributed by atoms with Crippen molar-refractivity contribution in [2.24, 2.45) is 0 Å². The van der Waals surface area contributed by atoms with Crippen molar-refractivity contribution >= 4 is 35.4 Å². The number of carbonyl (C=O) groups is 6. The number of ether oxygens (including phenoxy) is 6. The minimum absolute atomic E-state index is 0.0255. The van der Waals surface area contributed by atoms with Crippen LogP contribution in [0.3, 0.4) is 0 Å². The molecule has 0 bridgehead atoms. The fourth-order valence-corrected chi connectivity index (χ4v) is 2.69. The van der Waals surface area contributed by atoms with Gasteiger partial charge < -0.3 is 33.2 Å². The second kappa shape index (κ2) is 24.0. The molecule has 4 atom stereocenters. The largest absolute Gasteiger partial charge is 0.466 e. The molecule has 232 valence electrons. The Labute approximate surface area is 237 Å². The summed E-state index contributed by atoms with van der Waals surface area (Å²) < 4.78 is 28.3. The van der Waals surface area contributed by atoms with E-state index < -0.39 is 42.3 Å². The number of carbonyl (C=O) groups excluding carboxylic acids is 6. The van der Waals surface area contributed by atoms with Gasteiger partial charge >= 0.3 is 23.9 Å². The number of hydrogen-bond acceptors (Lipinski definition) is 12. The molecule has 0 amide bonds. The maximum Gasteiger partial charge on any atom is 0.347 e. The lowest BCUT2D eigenvalue weighted by atomic mass is 10.1. The van der Waals surface area contributed by atoms with Gasteiger partial charge in [-0.25, -0.2) is 14.4 Å². The van der Waals surface area contributed by atoms with E-state index in [0.717, 1.165) is 51.6 Å². The van der Waals surface area contributed by atoms with Crippen LogP contribution >= 0.6 is 0 Å². The Morgan fingerprint density at radius 2 is 1.43 bits per heavy atom. The lowest BCUT2D eigenvalue weighted by molar-refractivity contribution is -0.191. The van der Waals surface area contributed by atoms with Gasteiger partial charge in [0.05, 0.1) is 6.61 Å². The number of cyclic esters (lactones) is 3. The molecule has 0 radical (unpaired) electrons. The molecule has 2 heterocycles. The zero-order valence-corrected chi connectivity index (χ0v) is 25.3. The number of ketones is 2. The molecular weight excluding hydrogens is 528 g/mol. The van der Waals surface area contributed by atoms with Crippen molar-refractivity contribution in [3.8, 4) is 0 Å². The normalized spacial score (nSPS) is 19.6. The van der Waals surface area contributed by atoms with Gasteiger partial charge in [0, 0.05) is 33.7 Å². The summed E-state index contributed by atoms with van der Waals surface area (Å²) in [6.45, 7) is 10.5. The lowest BCUT2D eigenvalue weighted by Crippen LogP contribution is -2.40. The maximum atomic E-state index is 11.0. The van der Waals surface area contributed by atoms with E-state index in [9.17, 15) is 28.8 Å². The summed E-state index contributed by atoms with van der Waals surface area (Å²) in [5.41, 5.74) is 0. The summed E-state index contributed by atoms with van der Waals surface area (Å²) in [6, 6.07) is 0. The third-order valence-corrected chi connectivity index (χ3v) is 5.47. The summed E-state index contributed by atoms with van der Waals surface area (Å²) >= 11 is 0. The SMILES string of the molecule is CC1OC(=O)C(C)OC1=O.COC(C)C(=O)OC(C)C(C)=O.COCCCCCC(C)=O.O=C1CCCCCO1. The summed E-state index contributed by atoms with van der Waals surface area (Å²) in [7, 11) is 3.11. The molecule has 0 N–H and O–H groups in total. The van der Waals surface area contributed by atoms with E-state index in [0.29, 0.717) is 13.0 Å². The molecule has 2 saturated heterocycles. The molecule has 2 rings (SSSR count). The maximum absolute atomic E-state index is 11.0. The highest BCUT2D eigenvalue weighted by Gasteiger charge is 2.32. The fourth-order valence-electron chi connectivity index (χ4n) is 2.69. The van der Waals surface area contributed by atoms with Gasteiger partial charge in [-0.05, 0) is 73.6 Å². The van der Waals surface area contributed by atoms with Crippen LogP contribution in [0.5, 0.6) is 0 Å². The molecule has 0 aromatic rings. The van der Waals surface area contributed by atoms with Crippen LogP contribution in [0.25, 0.3) is 0 Å². The van der Waals surface area contributed by atoms with Crippen LogP contribution in [0.1, 0.15) is 92.9 Å². The quantitative estimate of drug-likeness (QED) is 0.213. The molecule has 0 spiro atoms. The van der Waals surface area contributed by atoms with Gasteiger partial charge in [0.1, 0.15) is 5.78 Å². The van der Waals surface area contributed by atoms with Gasteiger partial charge in [0.15, 0.2) is 30.2 Å². The number of unbranched alkanes of at least 4 members (excludes halogenated alkanes) is 2. The van der Waals surface area contributed by atoms with Crippen molar-refractivity contribution in [3.63, 3.8) is 0 Å². The topological polar surface area (TPSA) is 158 Å². The van der Waals surface area contributed by atoms with Gasteiger partial charge in [-0.1, -0.05) is 6.42 Å². The second-order valence-electron chi connectivity index (χ2n) is 9.26. The van der Waals surface area contributed by atoms with E-state index in [1.54, 1.807) is 21.0 Å². The molecule has 2 aliphatic heterocycles. The Bertz CT molecular complexity index is 749. The molecular formula is C28H48O12. The number of Topliss-reactive ketones (excluding diaryl/α,β-unsaturated/α-hetero) is 2. The Morgan fingerprint density at radius 1 is 0.850 bits per heavy atom. The van der Waals surface area contributed by atoms with Crippen molar-refractivity contribution in [1.29, 1.82) is 0 Å². The minimum atomic E-state index is -0.747. The smallest absolute Gasteiger partial charge is 0.347 e. The summed E-state index contributed by atoms with van der Waals surface area (Å²) in [4.78, 5) is 63.9. The Morgan fingerprint density at radius 3 is 1.90 bits per heavy atom. The molecule has 2 fully saturated rings. The van der Waals surface area contributed by atoms with Gasteiger partial charge in [0.2, 0.25) is 0 Å². The highest BCUT2D eigenvalue weighted by molar-refractivity contribution is 5.87. The van der Waals surface area contributed by atoms with Crippen LogP contribution in [0.2, 0.25) is 0 Å². The van der Waals surface area contributed by atoms with Gasteiger partial charge in [-0.2, -0.15) is 0 Å². The molecule has 2 aliphatic rings. The lowest BCUT2D eigenvalue weighted by Gasteiger charge is -2.22. The van der Waals surface area contributed by atoms with Gasteiger partial charge in [0.25, 0.3) is 0 Å². The van der Waals surface area contributed by atoms with E-state index in [1.165, 1.54) is 34.8 Å². The Balaban J connectivity index is 0. The number of hydrogen-bond donors (Lipinski definition) is 0. The zero-order valence-electron chi connectivity index (χ0n) is 25.3. The summed E-state index contributed by atoms with van der Waals surface area (Å²) in [5, 5.41) is 0. The molecule has 0 aromatic carbocycles. The molecule has 0 aromatic heterocycles. The van der Waals surface area contributed by atoms with Crippen molar-refractivity contribution in [2.45, 2.75) is 117 Å². The van der Waals surface area contributed by atoms with E-state index in [4.69, 9.17) is 18.9 Å². The molecule has 0 saturated carbocycles. The van der Waals surface area contributed by atoms with Crippen molar-refractivity contribution < 1.29 is 57.2 Å². The van der Waals surface area contributed by atoms with Crippen LogP contribution in [0.15, 0.2) is 0 Å². The van der Waals surface area contributed by atoms with Crippen molar-refractivity contribution in [2.75, 3.05) is 27.4 Å². The molecule has 12 heteroatoms. The second-order valence-corrected chi connectivity index (χ2v) is 9.26. The van der Waals surface area contributed by atoms with Crippen LogP contribution in [-0.4, -0.2) is 87.3 Å². The average Bonchev–Trinajstić information content (AvgIpc) is 3.15. The van der Waals surface area contributed by atoms with E-state index in [1.807, 2.05) is 0 Å². The van der Waals surface area contributed by atoms with Crippen LogP contribution in [0.4, 0.5) is 0 Å². The van der Waals surface area contributed by atoms with Gasteiger partial charge in [-0.3, -0.25) is 9.59 Å². The Hall–Kier alpha value is -2.86. The standard InChI is InChI=1S/C8H14O4.C8H16O2.C6H8O4.C6H10O2/c1-5(9)6(2)12-8(10)7(3)11-4;1-8(9)6-4-3-5-7-10-2;1-3-5(7)10-4(2)6(8)9-3;7-6-4-2-1-3-5-8-6/h6-7H,1-4H3;3-7H2,1-2H3;3-4H,1-2H3;1-5H2. The van der Waals surface area contributed by atoms with Gasteiger partial charge in [-0.15, -0.1) is 0 Å². The summed E-state index contributed by atoms with van der Waals surface area (Å²) in [5.74, 6) is -1.38. The first-order valence-electron chi connectivity index (χ1n) is 13.5. The highest BCUT2D eigenvalue weighted by Crippen LogP contribution is 2.09. The first-order chi connectivity index (χ1) is 18.8. The average molecular weight is 577 g/mol. The van der Waals surface area contributed by atoms with Crippen LogP contribution in [0, 0.1) is 0 Å². The van der Waals surface area contributed by atoms with E-state index >= 15 is 0 Å². The first kappa shape index (κ1) is 39.3. The number of rotatable bonds is 10. The molecule has 40 heavy (non-hydrogen) atoms. The minimum Gasteiger partial charge on any atom is -0.466 e. The highest BCUT2D eigenvalue weighted by atomic mass is 16.6. The number of methoxy groups -OCH3 is 2. The zero-order chi connectivity index (χ0) is 31.1. The van der Waals surface area contributed by atoms with Crippen LogP contribution < -0.4 is 0 Å². The third kappa shape index (κ3) is 22.0. The predicted molar refractivity (Wildman–Crippen MR) is 144 cm³/mol. The number of esters is 4. The summed E-state index contributed by atoms with van der Waals surface area (Å²) in [6.07, 6.45) is 4.95. The van der Waals surface area contributed by atoms with E-state index in [-0.39, 0.29) is 17.5 Å². The van der Waals surface area contributed by atoms with E-state index in [2.05, 4.69) is 9.47 Å². The Kier molecular flexibility index (Phi) is 23.5. The predicted octanol–water partition coefficient (Wildman–Crippen LogP) is 3.29.